The van der Waals surface area contributed by atoms with E-state index in [9.17, 15) is 8.78 Å². The summed E-state index contributed by atoms with van der Waals surface area (Å²) >= 11 is 0. The van der Waals surface area contributed by atoms with Crippen LogP contribution < -0.4 is 15.2 Å². The molecule has 0 aliphatic rings. The molecular weight excluding hydrogens is 348 g/mol. The van der Waals surface area contributed by atoms with Crippen molar-refractivity contribution >= 4 is 0 Å². The molecule has 140 valence electrons. The molecule has 27 heavy (non-hydrogen) atoms. The first-order valence-electron chi connectivity index (χ1n) is 8.71. The minimum atomic E-state index is -0.310. The minimum absolute atomic E-state index is 0.208. The summed E-state index contributed by atoms with van der Waals surface area (Å²) in [6.07, 6.45) is 0.709. The maximum atomic E-state index is 13.4. The summed E-state index contributed by atoms with van der Waals surface area (Å²) in [6, 6.07) is 18.1. The van der Waals surface area contributed by atoms with E-state index in [0.29, 0.717) is 24.5 Å². The van der Waals surface area contributed by atoms with E-state index in [-0.39, 0.29) is 24.8 Å². The summed E-state index contributed by atoms with van der Waals surface area (Å²) < 4.78 is 38.4. The van der Waals surface area contributed by atoms with Gasteiger partial charge in [0, 0.05) is 0 Å². The number of nitrogens with two attached hydrogens (primary N) is 1. The highest BCUT2D eigenvalue weighted by atomic mass is 19.1. The van der Waals surface area contributed by atoms with E-state index in [1.165, 1.54) is 24.3 Å². The molecule has 2 N–H and O–H groups in total. The standard InChI is InChI=1S/C22H21F2NO2/c23-19-5-1-3-17(11-19)14-26-21-8-7-16(9-10-25)13-22(21)27-15-18-4-2-6-20(24)12-18/h1-8,11-13H,9-10,14-15,25H2. The molecule has 0 bridgehead atoms. The lowest BCUT2D eigenvalue weighted by Crippen LogP contribution is -2.05. The van der Waals surface area contributed by atoms with Crippen LogP contribution in [0.1, 0.15) is 16.7 Å². The van der Waals surface area contributed by atoms with Gasteiger partial charge in [0.25, 0.3) is 0 Å². The number of halogens is 2. The van der Waals surface area contributed by atoms with Crippen LogP contribution in [-0.4, -0.2) is 6.54 Å². The summed E-state index contributed by atoms with van der Waals surface area (Å²) in [5.74, 6) is 0.464. The van der Waals surface area contributed by atoms with Gasteiger partial charge in [0.2, 0.25) is 0 Å². The molecule has 0 spiro atoms. The van der Waals surface area contributed by atoms with E-state index in [1.807, 2.05) is 18.2 Å². The average Bonchev–Trinajstić information content (AvgIpc) is 2.66. The Bertz CT molecular complexity index is 899. The molecule has 3 rings (SSSR count). The van der Waals surface area contributed by atoms with E-state index in [4.69, 9.17) is 15.2 Å². The highest BCUT2D eigenvalue weighted by molar-refractivity contribution is 5.43. The molecule has 0 atom stereocenters. The Morgan fingerprint density at radius 2 is 1.26 bits per heavy atom. The third kappa shape index (κ3) is 5.53. The lowest BCUT2D eigenvalue weighted by atomic mass is 10.1. The van der Waals surface area contributed by atoms with Gasteiger partial charge in [-0.05, 0) is 66.1 Å². The van der Waals surface area contributed by atoms with Gasteiger partial charge in [0.1, 0.15) is 24.8 Å². The Morgan fingerprint density at radius 1 is 0.667 bits per heavy atom. The van der Waals surface area contributed by atoms with E-state index < -0.39 is 0 Å². The molecule has 3 aromatic carbocycles. The van der Waals surface area contributed by atoms with Gasteiger partial charge in [-0.2, -0.15) is 0 Å². The second-order valence-electron chi connectivity index (χ2n) is 6.16. The van der Waals surface area contributed by atoms with E-state index in [2.05, 4.69) is 0 Å². The number of ether oxygens (including phenoxy) is 2. The summed E-state index contributed by atoms with van der Waals surface area (Å²) in [4.78, 5) is 0. The SMILES string of the molecule is NCCc1ccc(OCc2cccc(F)c2)c(OCc2cccc(F)c2)c1. The molecule has 0 aliphatic heterocycles. The first kappa shape index (κ1) is 18.9. The van der Waals surface area contributed by atoms with Crippen LogP contribution in [0.3, 0.4) is 0 Å². The van der Waals surface area contributed by atoms with Gasteiger partial charge >= 0.3 is 0 Å². The van der Waals surface area contributed by atoms with Gasteiger partial charge in [-0.1, -0.05) is 30.3 Å². The lowest BCUT2D eigenvalue weighted by Gasteiger charge is -2.14. The molecule has 0 aliphatic carbocycles. The summed E-state index contributed by atoms with van der Waals surface area (Å²) in [5, 5.41) is 0. The molecule has 3 aromatic rings. The Balaban J connectivity index is 1.75. The minimum Gasteiger partial charge on any atom is -0.485 e. The van der Waals surface area contributed by atoms with Crippen molar-refractivity contribution in [2.24, 2.45) is 5.73 Å². The molecule has 0 fully saturated rings. The van der Waals surface area contributed by atoms with Crippen LogP contribution in [0, 0.1) is 11.6 Å². The van der Waals surface area contributed by atoms with Crippen molar-refractivity contribution in [3.05, 3.63) is 95.1 Å². The van der Waals surface area contributed by atoms with Crippen molar-refractivity contribution in [1.82, 2.24) is 0 Å². The fourth-order valence-corrected chi connectivity index (χ4v) is 2.68. The van der Waals surface area contributed by atoms with Crippen LogP contribution in [0.2, 0.25) is 0 Å². The topological polar surface area (TPSA) is 44.5 Å². The highest BCUT2D eigenvalue weighted by Crippen LogP contribution is 2.30. The van der Waals surface area contributed by atoms with Crippen LogP contribution in [-0.2, 0) is 19.6 Å². The molecule has 0 unspecified atom stereocenters. The van der Waals surface area contributed by atoms with Gasteiger partial charge in [0.05, 0.1) is 0 Å². The number of hydrogen-bond acceptors (Lipinski definition) is 3. The zero-order chi connectivity index (χ0) is 19.1. The molecule has 3 nitrogen and oxygen atoms in total. The maximum absolute atomic E-state index is 13.4. The molecule has 0 saturated heterocycles. The van der Waals surface area contributed by atoms with Crippen molar-refractivity contribution in [3.8, 4) is 11.5 Å². The summed E-state index contributed by atoms with van der Waals surface area (Å²) in [7, 11) is 0. The molecule has 5 heteroatoms. The zero-order valence-corrected chi connectivity index (χ0v) is 14.8. The van der Waals surface area contributed by atoms with Crippen molar-refractivity contribution in [2.75, 3.05) is 6.54 Å². The van der Waals surface area contributed by atoms with Crippen molar-refractivity contribution < 1.29 is 18.3 Å². The predicted molar refractivity (Wildman–Crippen MR) is 101 cm³/mol. The first-order chi connectivity index (χ1) is 13.1. The molecule has 0 saturated carbocycles. The predicted octanol–water partition coefficient (Wildman–Crippen LogP) is 4.62. The van der Waals surface area contributed by atoms with E-state index in [0.717, 1.165) is 16.7 Å². The van der Waals surface area contributed by atoms with Crippen LogP contribution in [0.5, 0.6) is 11.5 Å². The van der Waals surface area contributed by atoms with E-state index in [1.54, 1.807) is 24.3 Å². The van der Waals surface area contributed by atoms with Crippen LogP contribution in [0.4, 0.5) is 8.78 Å². The number of hydrogen-bond donors (Lipinski definition) is 1. The Labute approximate surface area is 157 Å². The monoisotopic (exact) mass is 369 g/mol. The fourth-order valence-electron chi connectivity index (χ4n) is 2.68. The molecule has 0 aromatic heterocycles. The van der Waals surface area contributed by atoms with Crippen LogP contribution in [0.15, 0.2) is 66.7 Å². The van der Waals surface area contributed by atoms with Gasteiger partial charge < -0.3 is 15.2 Å². The van der Waals surface area contributed by atoms with Gasteiger partial charge in [0.15, 0.2) is 11.5 Å². The van der Waals surface area contributed by atoms with Crippen LogP contribution >= 0.6 is 0 Å². The van der Waals surface area contributed by atoms with Crippen molar-refractivity contribution in [2.45, 2.75) is 19.6 Å². The molecule has 0 heterocycles. The highest BCUT2D eigenvalue weighted by Gasteiger charge is 2.09. The smallest absolute Gasteiger partial charge is 0.161 e. The zero-order valence-electron chi connectivity index (χ0n) is 14.8. The summed E-state index contributed by atoms with van der Waals surface area (Å²) in [5.41, 5.74) is 8.09. The second-order valence-corrected chi connectivity index (χ2v) is 6.16. The third-order valence-corrected chi connectivity index (χ3v) is 4.01. The normalized spacial score (nSPS) is 10.6. The van der Waals surface area contributed by atoms with Crippen LogP contribution in [0.25, 0.3) is 0 Å². The van der Waals surface area contributed by atoms with Gasteiger partial charge in [-0.3, -0.25) is 0 Å². The molecule has 0 amide bonds. The van der Waals surface area contributed by atoms with Gasteiger partial charge in [-0.15, -0.1) is 0 Å². The van der Waals surface area contributed by atoms with E-state index >= 15 is 0 Å². The quantitative estimate of drug-likeness (QED) is 0.630. The van der Waals surface area contributed by atoms with Crippen molar-refractivity contribution in [3.63, 3.8) is 0 Å². The Hall–Kier alpha value is -2.92. The second kappa shape index (κ2) is 9.14. The summed E-state index contributed by atoms with van der Waals surface area (Å²) in [6.45, 7) is 0.942. The Morgan fingerprint density at radius 3 is 1.81 bits per heavy atom. The molecular formula is C22H21F2NO2. The maximum Gasteiger partial charge on any atom is 0.161 e. The van der Waals surface area contributed by atoms with Gasteiger partial charge in [-0.25, -0.2) is 8.78 Å². The first-order valence-corrected chi connectivity index (χ1v) is 8.71. The Kier molecular flexibility index (Phi) is 6.39. The fraction of sp³-hybridized carbons (Fsp3) is 0.182. The average molecular weight is 369 g/mol. The third-order valence-electron chi connectivity index (χ3n) is 4.01. The lowest BCUT2D eigenvalue weighted by molar-refractivity contribution is 0.255. The van der Waals surface area contributed by atoms with Crippen molar-refractivity contribution in [1.29, 1.82) is 0 Å². The largest absolute Gasteiger partial charge is 0.485 e. The molecule has 0 radical (unpaired) electrons. The number of rotatable bonds is 8. The number of benzene rings is 3.